The van der Waals surface area contributed by atoms with Crippen molar-refractivity contribution in [2.45, 2.75) is 20.8 Å². The van der Waals surface area contributed by atoms with Gasteiger partial charge in [-0.05, 0) is 38.1 Å². The monoisotopic (exact) mass is 375 g/mol. The van der Waals surface area contributed by atoms with Crippen LogP contribution < -0.4 is 5.32 Å². The van der Waals surface area contributed by atoms with Gasteiger partial charge in [-0.25, -0.2) is 14.4 Å². The molecular weight excluding hydrogens is 361 g/mol. The molecule has 1 amide bonds. The summed E-state index contributed by atoms with van der Waals surface area (Å²) in [5, 5.41) is 3.74. The van der Waals surface area contributed by atoms with E-state index in [-0.39, 0.29) is 17.5 Å². The number of rotatable bonds is 4. The molecule has 0 radical (unpaired) electrons. The minimum absolute atomic E-state index is 0.0805. The van der Waals surface area contributed by atoms with E-state index in [2.05, 4.69) is 15.3 Å². The van der Waals surface area contributed by atoms with Gasteiger partial charge in [0.05, 0.1) is 16.3 Å². The fourth-order valence-corrected chi connectivity index (χ4v) is 4.08. The zero-order valence-electron chi connectivity index (χ0n) is 13.7. The van der Waals surface area contributed by atoms with Crippen LogP contribution >= 0.6 is 22.7 Å². The molecule has 8 heteroatoms. The number of Topliss-reactive ketones (excluding diaryl/α,β-unsaturated/α-hetero) is 1. The smallest absolute Gasteiger partial charge is 0.269 e. The first-order valence-electron chi connectivity index (χ1n) is 7.38. The summed E-state index contributed by atoms with van der Waals surface area (Å²) in [6, 6.07) is 5.96. The van der Waals surface area contributed by atoms with Crippen LogP contribution in [0.4, 0.5) is 9.52 Å². The largest absolute Gasteiger partial charge is 0.297 e. The Morgan fingerprint density at radius 3 is 2.24 bits per heavy atom. The molecule has 3 aromatic rings. The van der Waals surface area contributed by atoms with Gasteiger partial charge in [-0.1, -0.05) is 11.3 Å². The number of nitrogens with one attached hydrogen (secondary N) is 1. The maximum absolute atomic E-state index is 13.0. The van der Waals surface area contributed by atoms with Crippen molar-refractivity contribution >= 4 is 39.5 Å². The average Bonchev–Trinajstić information content (AvgIpc) is 3.11. The molecule has 1 aromatic carbocycles. The van der Waals surface area contributed by atoms with Crippen LogP contribution in [0.15, 0.2) is 24.3 Å². The molecule has 0 aliphatic heterocycles. The number of nitrogens with zero attached hydrogens (tertiary/aromatic N) is 2. The zero-order chi connectivity index (χ0) is 18.1. The van der Waals surface area contributed by atoms with Crippen LogP contribution in [0.25, 0.3) is 10.6 Å². The van der Waals surface area contributed by atoms with E-state index in [0.29, 0.717) is 31.3 Å². The van der Waals surface area contributed by atoms with Gasteiger partial charge in [0.1, 0.15) is 15.7 Å². The molecule has 0 bridgehead atoms. The van der Waals surface area contributed by atoms with Gasteiger partial charge in [0.25, 0.3) is 5.91 Å². The van der Waals surface area contributed by atoms with E-state index in [1.54, 1.807) is 26.0 Å². The Bertz CT molecular complexity index is 961. The summed E-state index contributed by atoms with van der Waals surface area (Å²) < 4.78 is 13.0. The number of halogens is 1. The highest BCUT2D eigenvalue weighted by atomic mass is 32.1. The van der Waals surface area contributed by atoms with Gasteiger partial charge in [0.15, 0.2) is 10.9 Å². The van der Waals surface area contributed by atoms with Crippen LogP contribution in [0, 0.1) is 19.7 Å². The van der Waals surface area contributed by atoms with Crippen LogP contribution in [0.5, 0.6) is 0 Å². The molecule has 0 atom stereocenters. The zero-order valence-corrected chi connectivity index (χ0v) is 15.3. The molecule has 25 heavy (non-hydrogen) atoms. The fraction of sp³-hybridized carbons (Fsp3) is 0.176. The maximum atomic E-state index is 13.0. The Labute approximate surface area is 151 Å². The molecule has 0 aliphatic carbocycles. The number of aryl methyl sites for hydroxylation is 2. The molecule has 0 spiro atoms. The molecule has 0 saturated heterocycles. The number of carbonyl (C=O) groups excluding carboxylic acids is 2. The summed E-state index contributed by atoms with van der Waals surface area (Å²) in [6.07, 6.45) is 0. The van der Waals surface area contributed by atoms with Gasteiger partial charge in [-0.2, -0.15) is 0 Å². The highest BCUT2D eigenvalue weighted by molar-refractivity contribution is 7.18. The molecule has 2 heterocycles. The summed E-state index contributed by atoms with van der Waals surface area (Å²) in [6.45, 7) is 4.94. The Balaban J connectivity index is 1.84. The second-order valence-corrected chi connectivity index (χ2v) is 7.38. The SMILES string of the molecule is CC(=O)c1sc(NC(=O)c2sc(-c3ccc(F)cc3)nc2C)nc1C. The van der Waals surface area contributed by atoms with E-state index < -0.39 is 0 Å². The second kappa shape index (κ2) is 6.81. The van der Waals surface area contributed by atoms with Crippen molar-refractivity contribution in [2.24, 2.45) is 0 Å². The van der Waals surface area contributed by atoms with Crippen molar-refractivity contribution in [3.05, 3.63) is 51.2 Å². The van der Waals surface area contributed by atoms with Gasteiger partial charge >= 0.3 is 0 Å². The number of carbonyl (C=O) groups is 2. The first-order chi connectivity index (χ1) is 11.8. The third-order valence-corrected chi connectivity index (χ3v) is 5.81. The molecular formula is C17H14FN3O2S2. The molecule has 0 aliphatic rings. The topological polar surface area (TPSA) is 72.0 Å². The molecule has 128 valence electrons. The van der Waals surface area contributed by atoms with Crippen LogP contribution in [0.3, 0.4) is 0 Å². The van der Waals surface area contributed by atoms with Crippen molar-refractivity contribution in [2.75, 3.05) is 5.32 Å². The highest BCUT2D eigenvalue weighted by Crippen LogP contribution is 2.29. The molecule has 2 aromatic heterocycles. The van der Waals surface area contributed by atoms with Gasteiger partial charge in [0.2, 0.25) is 0 Å². The predicted octanol–water partition coefficient (Wildman–Crippen LogP) is 4.48. The van der Waals surface area contributed by atoms with Crippen molar-refractivity contribution in [3.8, 4) is 10.6 Å². The third-order valence-electron chi connectivity index (χ3n) is 3.43. The van der Waals surface area contributed by atoms with E-state index >= 15 is 0 Å². The van der Waals surface area contributed by atoms with Crippen LogP contribution in [0.1, 0.15) is 37.7 Å². The van der Waals surface area contributed by atoms with E-state index in [1.165, 1.54) is 30.4 Å². The van der Waals surface area contributed by atoms with Crippen LogP contribution in [-0.2, 0) is 0 Å². The average molecular weight is 375 g/mol. The first kappa shape index (κ1) is 17.4. The number of hydrogen-bond acceptors (Lipinski definition) is 6. The molecule has 1 N–H and O–H groups in total. The van der Waals surface area contributed by atoms with E-state index in [0.717, 1.165) is 16.9 Å². The van der Waals surface area contributed by atoms with Gasteiger partial charge in [-0.15, -0.1) is 11.3 Å². The predicted molar refractivity (Wildman–Crippen MR) is 97.1 cm³/mol. The maximum Gasteiger partial charge on any atom is 0.269 e. The summed E-state index contributed by atoms with van der Waals surface area (Å²) in [7, 11) is 0. The Kier molecular flexibility index (Phi) is 4.73. The minimum Gasteiger partial charge on any atom is -0.297 e. The standard InChI is InChI=1S/C17H14FN3O2S2/c1-8-13(10(3)22)25-17(20-8)21-15(23)14-9(2)19-16(24-14)11-4-6-12(18)7-5-11/h4-7H,1-3H3,(H,20,21,23). The Hall–Kier alpha value is -2.45. The van der Waals surface area contributed by atoms with E-state index in [9.17, 15) is 14.0 Å². The number of ketones is 1. The van der Waals surface area contributed by atoms with Crippen molar-refractivity contribution in [1.29, 1.82) is 0 Å². The Morgan fingerprint density at radius 1 is 1.00 bits per heavy atom. The number of benzene rings is 1. The number of thiazole rings is 2. The van der Waals surface area contributed by atoms with E-state index in [1.807, 2.05) is 0 Å². The number of anilines is 1. The third kappa shape index (κ3) is 3.64. The number of amides is 1. The molecule has 0 saturated carbocycles. The van der Waals surface area contributed by atoms with Gasteiger partial charge in [-0.3, -0.25) is 14.9 Å². The normalized spacial score (nSPS) is 10.7. The van der Waals surface area contributed by atoms with Crippen molar-refractivity contribution in [3.63, 3.8) is 0 Å². The molecule has 5 nitrogen and oxygen atoms in total. The Morgan fingerprint density at radius 2 is 1.64 bits per heavy atom. The lowest BCUT2D eigenvalue weighted by atomic mass is 10.2. The van der Waals surface area contributed by atoms with Crippen molar-refractivity contribution < 1.29 is 14.0 Å². The molecule has 3 rings (SSSR count). The van der Waals surface area contributed by atoms with Crippen LogP contribution in [-0.4, -0.2) is 21.7 Å². The van der Waals surface area contributed by atoms with Crippen molar-refractivity contribution in [1.82, 2.24) is 9.97 Å². The summed E-state index contributed by atoms with van der Waals surface area (Å²) in [5.41, 5.74) is 1.93. The summed E-state index contributed by atoms with van der Waals surface area (Å²) in [4.78, 5) is 33.6. The number of hydrogen-bond donors (Lipinski definition) is 1. The second-order valence-electron chi connectivity index (χ2n) is 5.38. The first-order valence-corrected chi connectivity index (χ1v) is 9.01. The van der Waals surface area contributed by atoms with E-state index in [4.69, 9.17) is 0 Å². The quantitative estimate of drug-likeness (QED) is 0.683. The minimum atomic E-state index is -0.327. The van der Waals surface area contributed by atoms with Gasteiger partial charge in [0, 0.05) is 12.5 Å². The lowest BCUT2D eigenvalue weighted by Gasteiger charge is -1.98. The summed E-state index contributed by atoms with van der Waals surface area (Å²) in [5.74, 6) is -0.731. The fourth-order valence-electron chi connectivity index (χ4n) is 2.25. The summed E-state index contributed by atoms with van der Waals surface area (Å²) >= 11 is 2.38. The number of aromatic nitrogens is 2. The molecule has 0 unspecified atom stereocenters. The van der Waals surface area contributed by atoms with Crippen LogP contribution in [0.2, 0.25) is 0 Å². The lowest BCUT2D eigenvalue weighted by molar-refractivity contribution is 0.101. The highest BCUT2D eigenvalue weighted by Gasteiger charge is 2.19. The lowest BCUT2D eigenvalue weighted by Crippen LogP contribution is -2.11. The molecule has 0 fully saturated rings. The van der Waals surface area contributed by atoms with Gasteiger partial charge < -0.3 is 0 Å².